The molecule has 1 N–H and O–H groups in total. The van der Waals surface area contributed by atoms with Crippen LogP contribution in [0.1, 0.15) is 47.4 Å². The van der Waals surface area contributed by atoms with Crippen molar-refractivity contribution < 1.29 is 4.79 Å². The van der Waals surface area contributed by atoms with Crippen LogP contribution in [0, 0.1) is 5.41 Å². The Morgan fingerprint density at radius 3 is 2.23 bits per heavy atom. The largest absolute Gasteiger partial charge is 0.301 e. The minimum Gasteiger partial charge on any atom is -0.301 e. The van der Waals surface area contributed by atoms with Gasteiger partial charge in [-0.15, -0.1) is 11.3 Å². The van der Waals surface area contributed by atoms with E-state index in [9.17, 15) is 4.79 Å². The molecule has 3 nitrogen and oxygen atoms in total. The summed E-state index contributed by atoms with van der Waals surface area (Å²) in [6.45, 7) is 2.13. The van der Waals surface area contributed by atoms with Crippen molar-refractivity contribution in [2.24, 2.45) is 5.41 Å². The van der Waals surface area contributed by atoms with Crippen molar-refractivity contribution in [1.29, 1.82) is 0 Å². The third-order valence-corrected chi connectivity index (χ3v) is 8.70. The molecule has 1 aromatic heterocycles. The Kier molecular flexibility index (Phi) is 4.49. The number of aromatic nitrogens is 1. The summed E-state index contributed by atoms with van der Waals surface area (Å²) in [5.74, 6) is 0.332. The highest BCUT2D eigenvalue weighted by Gasteiger charge is 2.53. The Morgan fingerprint density at radius 2 is 1.49 bits per heavy atom. The number of benzene rings is 4. The van der Waals surface area contributed by atoms with Gasteiger partial charge in [0.2, 0.25) is 5.91 Å². The van der Waals surface area contributed by atoms with Crippen LogP contribution in [0.5, 0.6) is 0 Å². The van der Waals surface area contributed by atoms with Crippen LogP contribution in [0.4, 0.5) is 5.13 Å². The highest BCUT2D eigenvalue weighted by atomic mass is 32.1. The average Bonchev–Trinajstić information content (AvgIpc) is 3.36. The Balaban J connectivity index is 1.24. The van der Waals surface area contributed by atoms with Gasteiger partial charge in [0.15, 0.2) is 5.13 Å². The number of amides is 1. The molecule has 35 heavy (non-hydrogen) atoms. The van der Waals surface area contributed by atoms with Gasteiger partial charge in [-0.05, 0) is 46.4 Å². The predicted molar refractivity (Wildman–Crippen MR) is 143 cm³/mol. The Hall–Kier alpha value is -3.76. The predicted octanol–water partition coefficient (Wildman–Crippen LogP) is 7.59. The van der Waals surface area contributed by atoms with E-state index in [0.29, 0.717) is 5.13 Å². The van der Waals surface area contributed by atoms with E-state index in [4.69, 9.17) is 4.98 Å². The van der Waals surface area contributed by atoms with E-state index >= 15 is 0 Å². The van der Waals surface area contributed by atoms with Crippen molar-refractivity contribution in [2.75, 3.05) is 5.32 Å². The first-order chi connectivity index (χ1) is 17.1. The van der Waals surface area contributed by atoms with Crippen molar-refractivity contribution in [3.63, 3.8) is 0 Å². The zero-order valence-corrected chi connectivity index (χ0v) is 20.2. The molecule has 3 aliphatic carbocycles. The van der Waals surface area contributed by atoms with Crippen LogP contribution in [0.25, 0.3) is 22.0 Å². The van der Waals surface area contributed by atoms with Crippen LogP contribution >= 0.6 is 11.3 Å². The quantitative estimate of drug-likeness (QED) is 0.294. The minimum absolute atomic E-state index is 0.0393. The maximum atomic E-state index is 13.9. The summed E-state index contributed by atoms with van der Waals surface area (Å²) in [5.41, 5.74) is 6.76. The van der Waals surface area contributed by atoms with Crippen LogP contribution in [-0.2, 0) is 4.79 Å². The molecule has 2 bridgehead atoms. The molecule has 1 amide bonds. The minimum atomic E-state index is -0.543. The van der Waals surface area contributed by atoms with Gasteiger partial charge in [0.25, 0.3) is 0 Å². The molecule has 3 aliphatic rings. The molecular formula is C31H24N2OS. The first kappa shape index (κ1) is 20.6. The molecule has 0 spiro atoms. The number of hydrogen-bond acceptors (Lipinski definition) is 3. The number of fused-ring (bicyclic) bond motifs is 2. The third kappa shape index (κ3) is 3.03. The van der Waals surface area contributed by atoms with Crippen molar-refractivity contribution in [1.82, 2.24) is 4.98 Å². The summed E-state index contributed by atoms with van der Waals surface area (Å²) in [7, 11) is 0. The van der Waals surface area contributed by atoms with Crippen molar-refractivity contribution in [3.05, 3.63) is 119 Å². The topological polar surface area (TPSA) is 42.0 Å². The Labute approximate surface area is 208 Å². The van der Waals surface area contributed by atoms with Gasteiger partial charge in [-0.2, -0.15) is 0 Å². The second-order valence-corrected chi connectivity index (χ2v) is 10.7. The van der Waals surface area contributed by atoms with E-state index in [-0.39, 0.29) is 17.7 Å². The van der Waals surface area contributed by atoms with Gasteiger partial charge in [-0.3, -0.25) is 4.79 Å². The molecule has 0 saturated heterocycles. The molecule has 4 heteroatoms. The molecule has 4 aromatic carbocycles. The van der Waals surface area contributed by atoms with Gasteiger partial charge in [0.1, 0.15) is 0 Å². The van der Waals surface area contributed by atoms with Crippen LogP contribution in [-0.4, -0.2) is 10.9 Å². The zero-order valence-electron chi connectivity index (χ0n) is 19.4. The lowest BCUT2D eigenvalue weighted by Crippen LogP contribution is -2.47. The number of anilines is 1. The molecule has 170 valence electrons. The maximum Gasteiger partial charge on any atom is 0.233 e. The lowest BCUT2D eigenvalue weighted by molar-refractivity contribution is -0.126. The molecule has 1 atom stereocenters. The Morgan fingerprint density at radius 1 is 0.857 bits per heavy atom. The van der Waals surface area contributed by atoms with E-state index < -0.39 is 5.41 Å². The van der Waals surface area contributed by atoms with Gasteiger partial charge >= 0.3 is 0 Å². The lowest BCUT2D eigenvalue weighted by atomic mass is 9.52. The van der Waals surface area contributed by atoms with E-state index in [0.717, 1.165) is 17.7 Å². The molecule has 1 unspecified atom stereocenters. The first-order valence-electron chi connectivity index (χ1n) is 12.1. The molecule has 0 saturated carbocycles. The van der Waals surface area contributed by atoms with Gasteiger partial charge in [-0.1, -0.05) is 91.0 Å². The average molecular weight is 473 g/mol. The number of thiazole rings is 1. The lowest BCUT2D eigenvalue weighted by Gasteiger charge is -2.50. The van der Waals surface area contributed by atoms with Crippen LogP contribution in [0.2, 0.25) is 0 Å². The second-order valence-electron chi connectivity index (χ2n) is 9.88. The SMILES string of the molecule is CC1(C(=O)Nc2nc(-c3cccc4ccccc34)cs2)CC2c3ccccc3C1c1ccccc12. The molecule has 0 aliphatic heterocycles. The summed E-state index contributed by atoms with van der Waals surface area (Å²) in [5, 5.41) is 8.26. The highest BCUT2D eigenvalue weighted by molar-refractivity contribution is 7.14. The van der Waals surface area contributed by atoms with Crippen LogP contribution in [0.3, 0.4) is 0 Å². The number of hydrogen-bond donors (Lipinski definition) is 1. The van der Waals surface area contributed by atoms with Gasteiger partial charge in [0.05, 0.1) is 11.1 Å². The smallest absolute Gasteiger partial charge is 0.233 e. The fraction of sp³-hybridized carbons (Fsp3) is 0.161. The maximum absolute atomic E-state index is 13.9. The fourth-order valence-electron chi connectivity index (χ4n) is 6.33. The van der Waals surface area contributed by atoms with E-state index in [2.05, 4.69) is 97.2 Å². The molecule has 0 fully saturated rings. The molecule has 0 radical (unpaired) electrons. The summed E-state index contributed by atoms with van der Waals surface area (Å²) in [4.78, 5) is 18.7. The number of carbonyl (C=O) groups is 1. The monoisotopic (exact) mass is 472 g/mol. The van der Waals surface area contributed by atoms with Gasteiger partial charge in [0, 0.05) is 22.8 Å². The van der Waals surface area contributed by atoms with Crippen molar-refractivity contribution >= 4 is 33.1 Å². The van der Waals surface area contributed by atoms with Crippen LogP contribution in [0.15, 0.2) is 96.4 Å². The van der Waals surface area contributed by atoms with Gasteiger partial charge in [-0.25, -0.2) is 4.98 Å². The number of carbonyl (C=O) groups excluding carboxylic acids is 1. The second kappa shape index (κ2) is 7.62. The van der Waals surface area contributed by atoms with Gasteiger partial charge < -0.3 is 5.32 Å². The molecule has 8 rings (SSSR count). The summed E-state index contributed by atoms with van der Waals surface area (Å²) in [6.07, 6.45) is 0.805. The van der Waals surface area contributed by atoms with E-state index in [1.54, 1.807) is 0 Å². The van der Waals surface area contributed by atoms with Crippen LogP contribution < -0.4 is 5.32 Å². The number of rotatable bonds is 3. The zero-order chi connectivity index (χ0) is 23.6. The fourth-order valence-corrected chi connectivity index (χ4v) is 7.04. The summed E-state index contributed by atoms with van der Waals surface area (Å²) >= 11 is 1.49. The molecule has 5 aromatic rings. The Bertz CT molecular complexity index is 1570. The first-order valence-corrected chi connectivity index (χ1v) is 12.9. The highest BCUT2D eigenvalue weighted by Crippen LogP contribution is 2.61. The summed E-state index contributed by atoms with van der Waals surface area (Å²) < 4.78 is 0. The third-order valence-electron chi connectivity index (χ3n) is 7.94. The number of nitrogens with zero attached hydrogens (tertiary/aromatic N) is 1. The summed E-state index contributed by atoms with van der Waals surface area (Å²) in [6, 6.07) is 31.9. The van der Waals surface area contributed by atoms with Crippen molar-refractivity contribution in [3.8, 4) is 11.3 Å². The molecular weight excluding hydrogens is 448 g/mol. The molecule has 1 heterocycles. The standard InChI is InChI=1S/C31H24N2OS/c1-31(17-26-21-12-4-6-14-24(21)28(31)25-15-7-5-13-22(25)26)29(34)33-30-32-27(18-35-30)23-16-8-10-19-9-2-3-11-20(19)23/h2-16,18,26,28H,17H2,1H3,(H,32,33,34). The number of nitrogens with one attached hydrogen (secondary N) is 1. The van der Waals surface area contributed by atoms with E-state index in [1.807, 2.05) is 11.4 Å². The normalized spacial score (nSPS) is 22.0. The van der Waals surface area contributed by atoms with E-state index in [1.165, 1.54) is 44.4 Å². The van der Waals surface area contributed by atoms with Crippen molar-refractivity contribution in [2.45, 2.75) is 25.2 Å².